The van der Waals surface area contributed by atoms with Gasteiger partial charge in [0.2, 0.25) is 0 Å². The fourth-order valence-electron chi connectivity index (χ4n) is 0.997. The third kappa shape index (κ3) is 5.99. The van der Waals surface area contributed by atoms with E-state index >= 15 is 0 Å². The van der Waals surface area contributed by atoms with Crippen LogP contribution in [0.5, 0.6) is 0 Å². The number of carbonyl (C=O) groups is 1. The Labute approximate surface area is 77.7 Å². The lowest BCUT2D eigenvalue weighted by Crippen LogP contribution is -2.12. The van der Waals surface area contributed by atoms with E-state index in [1.54, 1.807) is 0 Å². The van der Waals surface area contributed by atoms with Crippen molar-refractivity contribution in [3.05, 3.63) is 10.4 Å². The number of rotatable bonds is 6. The summed E-state index contributed by atoms with van der Waals surface area (Å²) in [5, 5.41) is 3.40. The summed E-state index contributed by atoms with van der Waals surface area (Å²) in [6, 6.07) is 0. The number of azide groups is 1. The van der Waals surface area contributed by atoms with Gasteiger partial charge in [0.05, 0.1) is 13.0 Å². The summed E-state index contributed by atoms with van der Waals surface area (Å²) in [4.78, 5) is 13.6. The number of hydrogen-bond acceptors (Lipinski definition) is 3. The lowest BCUT2D eigenvalue weighted by molar-refractivity contribution is -0.145. The molecule has 0 aliphatic carbocycles. The molecular weight excluding hydrogens is 170 g/mol. The molecule has 0 spiro atoms. The average Bonchev–Trinajstić information content (AvgIpc) is 2.16. The number of methoxy groups -OCH3 is 1. The van der Waals surface area contributed by atoms with Gasteiger partial charge in [-0.3, -0.25) is 4.79 Å². The molecule has 0 aliphatic heterocycles. The summed E-state index contributed by atoms with van der Waals surface area (Å²) in [6.45, 7) is 2.34. The first kappa shape index (κ1) is 11.8. The zero-order valence-electron chi connectivity index (χ0n) is 8.06. The quantitative estimate of drug-likeness (QED) is 0.209. The smallest absolute Gasteiger partial charge is 0.308 e. The van der Waals surface area contributed by atoms with Crippen molar-refractivity contribution in [3.63, 3.8) is 0 Å². The first-order valence-corrected chi connectivity index (χ1v) is 4.31. The topological polar surface area (TPSA) is 75.1 Å². The molecule has 74 valence electrons. The Balaban J connectivity index is 3.41. The van der Waals surface area contributed by atoms with Gasteiger partial charge < -0.3 is 4.74 Å². The van der Waals surface area contributed by atoms with Crippen LogP contribution in [0.4, 0.5) is 0 Å². The Morgan fingerprint density at radius 3 is 2.85 bits per heavy atom. The maximum atomic E-state index is 10.9. The molecular formula is C8H15N3O2. The Bertz CT molecular complexity index is 200. The molecule has 1 unspecified atom stereocenters. The van der Waals surface area contributed by atoms with Crippen LogP contribution in [0.2, 0.25) is 0 Å². The SMILES string of the molecule is COC(=O)C(C)CCCCN=[N+]=[N-]. The van der Waals surface area contributed by atoms with Gasteiger partial charge in [0.25, 0.3) is 0 Å². The standard InChI is InChI=1S/C8H15N3O2/c1-7(8(12)13-2)5-3-4-6-10-11-9/h7H,3-6H2,1-2H3. The van der Waals surface area contributed by atoms with Crippen molar-refractivity contribution in [2.24, 2.45) is 11.0 Å². The molecule has 0 saturated carbocycles. The van der Waals surface area contributed by atoms with E-state index in [0.717, 1.165) is 19.3 Å². The second-order valence-corrected chi connectivity index (χ2v) is 2.87. The highest BCUT2D eigenvalue weighted by molar-refractivity contribution is 5.71. The van der Waals surface area contributed by atoms with E-state index in [9.17, 15) is 4.79 Å². The predicted molar refractivity (Wildman–Crippen MR) is 49.0 cm³/mol. The lowest BCUT2D eigenvalue weighted by Gasteiger charge is -2.07. The molecule has 0 fully saturated rings. The molecule has 5 nitrogen and oxygen atoms in total. The minimum Gasteiger partial charge on any atom is -0.469 e. The summed E-state index contributed by atoms with van der Waals surface area (Å²) in [5.74, 6) is -0.236. The van der Waals surface area contributed by atoms with Gasteiger partial charge in [0.1, 0.15) is 0 Å². The van der Waals surface area contributed by atoms with Gasteiger partial charge in [0.15, 0.2) is 0 Å². The molecule has 1 atom stereocenters. The third-order valence-corrected chi connectivity index (χ3v) is 1.81. The molecule has 0 aliphatic rings. The molecule has 0 bridgehead atoms. The fourth-order valence-corrected chi connectivity index (χ4v) is 0.997. The molecule has 0 radical (unpaired) electrons. The number of unbranched alkanes of at least 4 members (excludes halogenated alkanes) is 1. The average molecular weight is 185 g/mol. The van der Waals surface area contributed by atoms with E-state index in [0.29, 0.717) is 6.54 Å². The van der Waals surface area contributed by atoms with Crippen molar-refractivity contribution >= 4 is 5.97 Å². The van der Waals surface area contributed by atoms with Crippen molar-refractivity contribution in [2.75, 3.05) is 13.7 Å². The highest BCUT2D eigenvalue weighted by Crippen LogP contribution is 2.09. The van der Waals surface area contributed by atoms with Crippen molar-refractivity contribution in [1.29, 1.82) is 0 Å². The Hall–Kier alpha value is -1.22. The highest BCUT2D eigenvalue weighted by atomic mass is 16.5. The minimum absolute atomic E-state index is 0.0592. The predicted octanol–water partition coefficient (Wildman–Crippen LogP) is 2.28. The summed E-state index contributed by atoms with van der Waals surface area (Å²) in [6.07, 6.45) is 2.49. The summed E-state index contributed by atoms with van der Waals surface area (Å²) in [5.41, 5.74) is 7.99. The molecule has 0 rings (SSSR count). The van der Waals surface area contributed by atoms with Crippen LogP contribution in [-0.2, 0) is 9.53 Å². The third-order valence-electron chi connectivity index (χ3n) is 1.81. The van der Waals surface area contributed by atoms with Gasteiger partial charge in [-0.25, -0.2) is 0 Å². The van der Waals surface area contributed by atoms with Crippen LogP contribution < -0.4 is 0 Å². The Morgan fingerprint density at radius 1 is 1.62 bits per heavy atom. The van der Waals surface area contributed by atoms with E-state index in [1.807, 2.05) is 6.92 Å². The molecule has 0 amide bonds. The zero-order chi connectivity index (χ0) is 10.1. The highest BCUT2D eigenvalue weighted by Gasteiger charge is 2.11. The van der Waals surface area contributed by atoms with E-state index in [4.69, 9.17) is 5.53 Å². The van der Waals surface area contributed by atoms with Crippen LogP contribution in [0, 0.1) is 5.92 Å². The molecule has 0 aromatic carbocycles. The minimum atomic E-state index is -0.177. The summed E-state index contributed by atoms with van der Waals surface area (Å²) < 4.78 is 4.57. The number of esters is 1. The van der Waals surface area contributed by atoms with Crippen LogP contribution in [0.25, 0.3) is 10.4 Å². The molecule has 13 heavy (non-hydrogen) atoms. The maximum Gasteiger partial charge on any atom is 0.308 e. The lowest BCUT2D eigenvalue weighted by atomic mass is 10.0. The maximum absolute atomic E-state index is 10.9. The normalized spacial score (nSPS) is 11.5. The second kappa shape index (κ2) is 7.43. The van der Waals surface area contributed by atoms with Gasteiger partial charge in [0, 0.05) is 11.5 Å². The fraction of sp³-hybridized carbons (Fsp3) is 0.875. The Morgan fingerprint density at radius 2 is 2.31 bits per heavy atom. The summed E-state index contributed by atoms with van der Waals surface area (Å²) in [7, 11) is 1.39. The molecule has 0 saturated heterocycles. The van der Waals surface area contributed by atoms with Crippen molar-refractivity contribution in [1.82, 2.24) is 0 Å². The van der Waals surface area contributed by atoms with Gasteiger partial charge in [-0.15, -0.1) is 0 Å². The molecule has 0 aromatic heterocycles. The van der Waals surface area contributed by atoms with E-state index in [1.165, 1.54) is 7.11 Å². The van der Waals surface area contributed by atoms with Gasteiger partial charge in [-0.05, 0) is 18.4 Å². The Kier molecular flexibility index (Phi) is 6.73. The first-order valence-electron chi connectivity index (χ1n) is 4.31. The molecule has 0 aromatic rings. The van der Waals surface area contributed by atoms with E-state index < -0.39 is 0 Å². The molecule has 0 N–H and O–H groups in total. The van der Waals surface area contributed by atoms with Crippen molar-refractivity contribution in [2.45, 2.75) is 26.2 Å². The number of nitrogens with zero attached hydrogens (tertiary/aromatic N) is 3. The zero-order valence-corrected chi connectivity index (χ0v) is 8.06. The van der Waals surface area contributed by atoms with E-state index in [2.05, 4.69) is 14.8 Å². The van der Waals surface area contributed by atoms with Crippen LogP contribution in [0.1, 0.15) is 26.2 Å². The van der Waals surface area contributed by atoms with E-state index in [-0.39, 0.29) is 11.9 Å². The second-order valence-electron chi connectivity index (χ2n) is 2.87. The van der Waals surface area contributed by atoms with Crippen LogP contribution in [0.15, 0.2) is 5.11 Å². The summed E-state index contributed by atoms with van der Waals surface area (Å²) >= 11 is 0. The van der Waals surface area contributed by atoms with Crippen LogP contribution in [0.3, 0.4) is 0 Å². The van der Waals surface area contributed by atoms with Gasteiger partial charge >= 0.3 is 5.97 Å². The van der Waals surface area contributed by atoms with Crippen LogP contribution >= 0.6 is 0 Å². The van der Waals surface area contributed by atoms with Gasteiger partial charge in [-0.2, -0.15) is 0 Å². The molecule has 5 heteroatoms. The van der Waals surface area contributed by atoms with Crippen LogP contribution in [-0.4, -0.2) is 19.6 Å². The van der Waals surface area contributed by atoms with Gasteiger partial charge in [-0.1, -0.05) is 18.5 Å². The first-order chi connectivity index (χ1) is 6.22. The largest absolute Gasteiger partial charge is 0.469 e. The number of ether oxygens (including phenoxy) is 1. The van der Waals surface area contributed by atoms with Crippen molar-refractivity contribution in [3.8, 4) is 0 Å². The number of carbonyl (C=O) groups excluding carboxylic acids is 1. The van der Waals surface area contributed by atoms with Crippen molar-refractivity contribution < 1.29 is 9.53 Å². The number of hydrogen-bond donors (Lipinski definition) is 0. The monoisotopic (exact) mass is 185 g/mol. The molecule has 0 heterocycles.